The van der Waals surface area contributed by atoms with E-state index >= 15 is 0 Å². The van der Waals surface area contributed by atoms with Gasteiger partial charge in [-0.25, -0.2) is 0 Å². The lowest BCUT2D eigenvalue weighted by molar-refractivity contribution is 0.101. The molecule has 174 valence electrons. The molecule has 0 unspecified atom stereocenters. The summed E-state index contributed by atoms with van der Waals surface area (Å²) in [5, 5.41) is 0. The van der Waals surface area contributed by atoms with Crippen molar-refractivity contribution in [1.82, 2.24) is 4.40 Å². The number of nitrogens with zero attached hydrogens (tertiary/aromatic N) is 1. The van der Waals surface area contributed by atoms with Crippen molar-refractivity contribution in [3.8, 4) is 28.1 Å². The maximum atomic E-state index is 13.5. The lowest BCUT2D eigenvalue weighted by atomic mass is 10.0. The summed E-state index contributed by atoms with van der Waals surface area (Å²) in [5.41, 5.74) is 4.70. The number of Topliss-reactive ketones (excluding diaryl/α,β-unsaturated/α-hetero) is 1. The molecule has 0 saturated heterocycles. The highest BCUT2D eigenvalue weighted by Gasteiger charge is 2.29. The molecule has 0 aliphatic carbocycles. The Hall–Kier alpha value is -4.16. The second-order valence-electron chi connectivity index (χ2n) is 8.33. The summed E-state index contributed by atoms with van der Waals surface area (Å²) >= 11 is 0. The zero-order valence-corrected chi connectivity index (χ0v) is 20.1. The van der Waals surface area contributed by atoms with Gasteiger partial charge in [0.1, 0.15) is 10.4 Å². The summed E-state index contributed by atoms with van der Waals surface area (Å²) in [7, 11) is -4.19. The summed E-state index contributed by atoms with van der Waals surface area (Å²) in [6, 6.07) is 29.1. The molecule has 3 aromatic carbocycles. The van der Waals surface area contributed by atoms with Gasteiger partial charge in [0.15, 0.2) is 11.5 Å². The van der Waals surface area contributed by atoms with Crippen molar-refractivity contribution in [3.63, 3.8) is 0 Å². The van der Waals surface area contributed by atoms with Crippen LogP contribution < -0.4 is 4.18 Å². The highest BCUT2D eigenvalue weighted by molar-refractivity contribution is 7.87. The van der Waals surface area contributed by atoms with Crippen LogP contribution in [-0.2, 0) is 10.1 Å². The van der Waals surface area contributed by atoms with Crippen molar-refractivity contribution in [2.75, 3.05) is 0 Å². The largest absolute Gasteiger partial charge is 0.376 e. The number of carbonyl (C=O) groups is 1. The molecular weight excluding hydrogens is 458 g/mol. The Kier molecular flexibility index (Phi) is 5.75. The first-order chi connectivity index (χ1) is 16.9. The Balaban J connectivity index is 1.89. The fourth-order valence-electron chi connectivity index (χ4n) is 4.25. The van der Waals surface area contributed by atoms with E-state index in [0.717, 1.165) is 22.4 Å². The van der Waals surface area contributed by atoms with Crippen molar-refractivity contribution in [2.24, 2.45) is 0 Å². The molecule has 0 N–H and O–H groups in total. The topological polar surface area (TPSA) is 64.8 Å². The monoisotopic (exact) mass is 481 g/mol. The Morgan fingerprint density at radius 1 is 0.771 bits per heavy atom. The Bertz CT molecular complexity index is 1640. The fourth-order valence-corrected chi connectivity index (χ4v) is 5.20. The van der Waals surface area contributed by atoms with E-state index < -0.39 is 10.1 Å². The van der Waals surface area contributed by atoms with Gasteiger partial charge in [-0.3, -0.25) is 4.79 Å². The van der Waals surface area contributed by atoms with E-state index in [9.17, 15) is 13.2 Å². The van der Waals surface area contributed by atoms with Crippen LogP contribution in [0.25, 0.3) is 27.9 Å². The number of aryl methyl sites for hydroxylation is 1. The van der Waals surface area contributed by atoms with Gasteiger partial charge in [-0.2, -0.15) is 8.42 Å². The van der Waals surface area contributed by atoms with E-state index in [1.807, 2.05) is 78.2 Å². The summed E-state index contributed by atoms with van der Waals surface area (Å²) in [4.78, 5) is 12.7. The van der Waals surface area contributed by atoms with Gasteiger partial charge in [0.05, 0.1) is 11.3 Å². The quantitative estimate of drug-likeness (QED) is 0.204. The summed E-state index contributed by atoms with van der Waals surface area (Å²) < 4.78 is 34.7. The molecule has 5 aromatic rings. The highest BCUT2D eigenvalue weighted by atomic mass is 32.2. The van der Waals surface area contributed by atoms with E-state index in [4.69, 9.17) is 4.18 Å². The van der Waals surface area contributed by atoms with Crippen LogP contribution in [0.3, 0.4) is 0 Å². The van der Waals surface area contributed by atoms with Crippen LogP contribution in [0.5, 0.6) is 5.75 Å². The SMILES string of the molecule is CC(=O)c1cccn2c(-c3ccccc3)c(-c3ccccc3)c(OS(=O)(=O)c3ccc(C)cc3)c12. The number of ketones is 1. The molecule has 2 heterocycles. The van der Waals surface area contributed by atoms with Gasteiger partial charge >= 0.3 is 10.1 Å². The smallest absolute Gasteiger partial charge is 0.339 e. The number of hydrogen-bond donors (Lipinski definition) is 0. The van der Waals surface area contributed by atoms with Crippen molar-refractivity contribution >= 4 is 21.4 Å². The van der Waals surface area contributed by atoms with Gasteiger partial charge in [0.2, 0.25) is 0 Å². The highest BCUT2D eigenvalue weighted by Crippen LogP contribution is 2.46. The van der Waals surface area contributed by atoms with E-state index in [1.54, 1.807) is 24.3 Å². The first-order valence-electron chi connectivity index (χ1n) is 11.2. The second-order valence-corrected chi connectivity index (χ2v) is 9.88. The predicted molar refractivity (Wildman–Crippen MR) is 137 cm³/mol. The van der Waals surface area contributed by atoms with Crippen LogP contribution >= 0.6 is 0 Å². The third-order valence-electron chi connectivity index (χ3n) is 5.91. The van der Waals surface area contributed by atoms with Gasteiger partial charge in [-0.05, 0) is 49.2 Å². The zero-order chi connectivity index (χ0) is 24.6. The third kappa shape index (κ3) is 4.13. The average molecular weight is 482 g/mol. The van der Waals surface area contributed by atoms with Crippen LogP contribution in [0, 0.1) is 6.92 Å². The number of fused-ring (bicyclic) bond motifs is 1. The predicted octanol–water partition coefficient (Wildman–Crippen LogP) is 6.55. The summed E-state index contributed by atoms with van der Waals surface area (Å²) in [6.45, 7) is 3.35. The van der Waals surface area contributed by atoms with Gasteiger partial charge in [0.25, 0.3) is 0 Å². The minimum Gasteiger partial charge on any atom is -0.376 e. The fraction of sp³-hybridized carbons (Fsp3) is 0.0690. The maximum Gasteiger partial charge on any atom is 0.339 e. The maximum absolute atomic E-state index is 13.5. The molecule has 35 heavy (non-hydrogen) atoms. The normalized spacial score (nSPS) is 11.5. The van der Waals surface area contributed by atoms with Crippen LogP contribution in [0.1, 0.15) is 22.8 Å². The van der Waals surface area contributed by atoms with Crippen LogP contribution in [0.4, 0.5) is 0 Å². The molecule has 0 aliphatic rings. The molecule has 6 heteroatoms. The lowest BCUT2D eigenvalue weighted by Gasteiger charge is -2.11. The molecule has 0 amide bonds. The third-order valence-corrected chi connectivity index (χ3v) is 7.14. The summed E-state index contributed by atoms with van der Waals surface area (Å²) in [5.74, 6) is -0.0636. The standard InChI is InChI=1S/C29H23NO4S/c1-20-15-17-24(18-16-20)35(32,33)34-29-26(22-10-5-3-6-11-22)27(23-12-7-4-8-13-23)30-19-9-14-25(21(2)31)28(29)30/h3-19H,1-2H3. The van der Waals surface area contributed by atoms with E-state index in [2.05, 4.69) is 0 Å². The van der Waals surface area contributed by atoms with Gasteiger partial charge in [-0.15, -0.1) is 0 Å². The van der Waals surface area contributed by atoms with E-state index in [0.29, 0.717) is 16.6 Å². The molecule has 0 aliphatic heterocycles. The van der Waals surface area contributed by atoms with Crippen molar-refractivity contribution in [2.45, 2.75) is 18.7 Å². The molecule has 0 atom stereocenters. The second kappa shape index (κ2) is 8.89. The minimum absolute atomic E-state index is 0.0445. The Morgan fingerprint density at radius 2 is 1.37 bits per heavy atom. The molecular formula is C29H23NO4S. The van der Waals surface area contributed by atoms with Crippen molar-refractivity contribution in [1.29, 1.82) is 0 Å². The number of aromatic nitrogens is 1. The first-order valence-corrected chi connectivity index (χ1v) is 12.6. The van der Waals surface area contributed by atoms with E-state index in [1.165, 1.54) is 19.1 Å². The Morgan fingerprint density at radius 3 is 1.97 bits per heavy atom. The average Bonchev–Trinajstić information content (AvgIpc) is 3.19. The Labute approximate surface area is 204 Å². The zero-order valence-electron chi connectivity index (χ0n) is 19.3. The van der Waals surface area contributed by atoms with Crippen LogP contribution in [0.2, 0.25) is 0 Å². The number of rotatable bonds is 6. The molecule has 2 aromatic heterocycles. The molecule has 0 radical (unpaired) electrons. The summed E-state index contributed by atoms with van der Waals surface area (Å²) in [6.07, 6.45) is 1.82. The molecule has 5 rings (SSSR count). The molecule has 0 saturated carbocycles. The molecule has 0 bridgehead atoms. The van der Waals surface area contributed by atoms with Gasteiger partial charge in [0, 0.05) is 11.8 Å². The minimum atomic E-state index is -4.19. The number of pyridine rings is 1. The van der Waals surface area contributed by atoms with E-state index in [-0.39, 0.29) is 16.4 Å². The molecule has 0 fully saturated rings. The number of benzene rings is 3. The number of carbonyl (C=O) groups excluding carboxylic acids is 1. The molecule has 0 spiro atoms. The van der Waals surface area contributed by atoms with Gasteiger partial charge in [-0.1, -0.05) is 78.4 Å². The lowest BCUT2D eigenvalue weighted by Crippen LogP contribution is -2.10. The van der Waals surface area contributed by atoms with Crippen molar-refractivity contribution in [3.05, 3.63) is 114 Å². The van der Waals surface area contributed by atoms with Crippen LogP contribution in [-0.4, -0.2) is 18.6 Å². The van der Waals surface area contributed by atoms with Gasteiger partial charge < -0.3 is 8.58 Å². The van der Waals surface area contributed by atoms with Crippen LogP contribution in [0.15, 0.2) is 108 Å². The first kappa shape index (κ1) is 22.6. The molecule has 5 nitrogen and oxygen atoms in total. The number of hydrogen-bond acceptors (Lipinski definition) is 4. The van der Waals surface area contributed by atoms with Crippen molar-refractivity contribution < 1.29 is 17.4 Å².